The van der Waals surface area contributed by atoms with Gasteiger partial charge in [-0.25, -0.2) is 4.98 Å². The van der Waals surface area contributed by atoms with Gasteiger partial charge < -0.3 is 10.1 Å². The molecule has 2 aromatic rings. The Bertz CT molecular complexity index is 602. The first-order valence-electron chi connectivity index (χ1n) is 7.01. The summed E-state index contributed by atoms with van der Waals surface area (Å²) >= 11 is 3.46. The summed E-state index contributed by atoms with van der Waals surface area (Å²) in [6.45, 7) is 7.97. The van der Waals surface area contributed by atoms with Crippen molar-refractivity contribution in [3.8, 4) is 11.6 Å². The second-order valence-electron chi connectivity index (χ2n) is 5.33. The highest BCUT2D eigenvalue weighted by Crippen LogP contribution is 2.26. The van der Waals surface area contributed by atoms with Crippen LogP contribution in [0.1, 0.15) is 25.1 Å². The highest BCUT2D eigenvalue weighted by molar-refractivity contribution is 9.10. The Morgan fingerprint density at radius 3 is 2.86 bits per heavy atom. The average molecular weight is 350 g/mol. The second-order valence-corrected chi connectivity index (χ2v) is 6.25. The summed E-state index contributed by atoms with van der Waals surface area (Å²) in [5, 5.41) is 3.41. The number of nitrogens with zero attached hydrogens (tertiary/aromatic N) is 2. The number of halogens is 1. The molecule has 5 heteroatoms. The van der Waals surface area contributed by atoms with E-state index in [1.54, 1.807) is 12.4 Å². The molecule has 0 atom stereocenters. The van der Waals surface area contributed by atoms with Crippen molar-refractivity contribution < 1.29 is 4.74 Å². The van der Waals surface area contributed by atoms with Gasteiger partial charge in [0.15, 0.2) is 5.75 Å². The van der Waals surface area contributed by atoms with Gasteiger partial charge >= 0.3 is 0 Å². The Kier molecular flexibility index (Phi) is 5.70. The van der Waals surface area contributed by atoms with Gasteiger partial charge in [-0.1, -0.05) is 13.8 Å². The molecule has 0 saturated heterocycles. The number of nitrogens with one attached hydrogen (secondary N) is 1. The van der Waals surface area contributed by atoms with Crippen molar-refractivity contribution in [2.45, 2.75) is 27.3 Å². The fourth-order valence-electron chi connectivity index (χ4n) is 1.86. The van der Waals surface area contributed by atoms with E-state index >= 15 is 0 Å². The topological polar surface area (TPSA) is 47.0 Å². The van der Waals surface area contributed by atoms with Crippen LogP contribution in [0.5, 0.6) is 11.6 Å². The number of pyridine rings is 2. The molecule has 0 unspecified atom stereocenters. The van der Waals surface area contributed by atoms with Gasteiger partial charge in [0, 0.05) is 29.0 Å². The molecule has 0 amide bonds. The molecule has 1 N–H and O–H groups in total. The largest absolute Gasteiger partial charge is 0.437 e. The molecule has 0 fully saturated rings. The molecule has 21 heavy (non-hydrogen) atoms. The summed E-state index contributed by atoms with van der Waals surface area (Å²) in [4.78, 5) is 8.61. The van der Waals surface area contributed by atoms with Crippen LogP contribution >= 0.6 is 15.9 Å². The maximum atomic E-state index is 5.92. The molecule has 0 bridgehead atoms. The van der Waals surface area contributed by atoms with Gasteiger partial charge in [-0.3, -0.25) is 4.98 Å². The number of ether oxygens (including phenoxy) is 1. The predicted octanol–water partition coefficient (Wildman–Crippen LogP) is 4.09. The van der Waals surface area contributed by atoms with E-state index in [4.69, 9.17) is 4.74 Å². The van der Waals surface area contributed by atoms with E-state index in [1.165, 1.54) is 0 Å². The van der Waals surface area contributed by atoms with Crippen LogP contribution in [-0.2, 0) is 6.54 Å². The lowest BCUT2D eigenvalue weighted by Crippen LogP contribution is -2.19. The third-order valence-electron chi connectivity index (χ3n) is 2.93. The standard InChI is InChI=1S/C16H20BrN3O/c1-11(2)8-18-9-13-7-14(17)10-20-16(13)21-15-5-4-6-19-12(15)3/h4-7,10-11,18H,8-9H2,1-3H3. The van der Waals surface area contributed by atoms with Crippen molar-refractivity contribution in [1.82, 2.24) is 15.3 Å². The third kappa shape index (κ3) is 4.79. The van der Waals surface area contributed by atoms with E-state index in [0.717, 1.165) is 34.6 Å². The van der Waals surface area contributed by atoms with E-state index in [-0.39, 0.29) is 0 Å². The van der Waals surface area contributed by atoms with Gasteiger partial charge in [0.1, 0.15) is 0 Å². The molecular formula is C16H20BrN3O. The van der Waals surface area contributed by atoms with Crippen LogP contribution in [0.3, 0.4) is 0 Å². The minimum atomic E-state index is 0.607. The molecule has 2 heterocycles. The van der Waals surface area contributed by atoms with Crippen LogP contribution in [0.15, 0.2) is 35.1 Å². The Labute approximate surface area is 134 Å². The lowest BCUT2D eigenvalue weighted by Gasteiger charge is -2.13. The molecule has 0 spiro atoms. The highest BCUT2D eigenvalue weighted by Gasteiger charge is 2.09. The minimum absolute atomic E-state index is 0.607. The van der Waals surface area contributed by atoms with E-state index in [1.807, 2.05) is 25.1 Å². The predicted molar refractivity (Wildman–Crippen MR) is 87.5 cm³/mol. The van der Waals surface area contributed by atoms with Crippen molar-refractivity contribution in [1.29, 1.82) is 0 Å². The van der Waals surface area contributed by atoms with Crippen LogP contribution in [0.25, 0.3) is 0 Å². The van der Waals surface area contributed by atoms with Crippen LogP contribution in [0.4, 0.5) is 0 Å². The molecule has 0 aliphatic heterocycles. The monoisotopic (exact) mass is 349 g/mol. The zero-order chi connectivity index (χ0) is 15.2. The van der Waals surface area contributed by atoms with Crippen molar-refractivity contribution in [2.24, 2.45) is 5.92 Å². The molecule has 0 aliphatic rings. The van der Waals surface area contributed by atoms with Crippen molar-refractivity contribution in [3.63, 3.8) is 0 Å². The number of hydrogen-bond donors (Lipinski definition) is 1. The van der Waals surface area contributed by atoms with Gasteiger partial charge in [0.05, 0.1) is 5.69 Å². The lowest BCUT2D eigenvalue weighted by molar-refractivity contribution is 0.444. The summed E-state index contributed by atoms with van der Waals surface area (Å²) in [5.41, 5.74) is 1.87. The first-order valence-corrected chi connectivity index (χ1v) is 7.80. The number of hydrogen-bond acceptors (Lipinski definition) is 4. The van der Waals surface area contributed by atoms with E-state index in [0.29, 0.717) is 11.8 Å². The summed E-state index contributed by atoms with van der Waals surface area (Å²) in [6, 6.07) is 5.79. The number of aryl methyl sites for hydroxylation is 1. The first-order chi connectivity index (χ1) is 10.1. The molecule has 0 aliphatic carbocycles. The lowest BCUT2D eigenvalue weighted by atomic mass is 10.2. The summed E-state index contributed by atoms with van der Waals surface area (Å²) < 4.78 is 6.86. The van der Waals surface area contributed by atoms with E-state index < -0.39 is 0 Å². The van der Waals surface area contributed by atoms with Gasteiger partial charge in [-0.2, -0.15) is 0 Å². The van der Waals surface area contributed by atoms with Gasteiger partial charge in [-0.15, -0.1) is 0 Å². The first kappa shape index (κ1) is 15.9. The quantitative estimate of drug-likeness (QED) is 0.853. The molecular weight excluding hydrogens is 330 g/mol. The number of rotatable bonds is 6. The number of aromatic nitrogens is 2. The molecule has 4 nitrogen and oxygen atoms in total. The van der Waals surface area contributed by atoms with Gasteiger partial charge in [0.2, 0.25) is 5.88 Å². The van der Waals surface area contributed by atoms with Crippen LogP contribution < -0.4 is 10.1 Å². The molecule has 0 aromatic carbocycles. The van der Waals surface area contributed by atoms with Gasteiger partial charge in [-0.05, 0) is 53.5 Å². The third-order valence-corrected chi connectivity index (χ3v) is 3.36. The molecule has 0 radical (unpaired) electrons. The molecule has 2 rings (SSSR count). The SMILES string of the molecule is Cc1ncccc1Oc1ncc(Br)cc1CNCC(C)C. The Balaban J connectivity index is 2.16. The Hall–Kier alpha value is -1.46. The second kappa shape index (κ2) is 7.52. The average Bonchev–Trinajstić information content (AvgIpc) is 2.43. The Morgan fingerprint density at radius 1 is 1.33 bits per heavy atom. The molecule has 2 aromatic heterocycles. The van der Waals surface area contributed by atoms with Crippen LogP contribution in [0, 0.1) is 12.8 Å². The molecule has 0 saturated carbocycles. The van der Waals surface area contributed by atoms with Crippen LogP contribution in [-0.4, -0.2) is 16.5 Å². The molecule has 112 valence electrons. The summed E-state index contributed by atoms with van der Waals surface area (Å²) in [7, 11) is 0. The fourth-order valence-corrected chi connectivity index (χ4v) is 2.24. The van der Waals surface area contributed by atoms with Gasteiger partial charge in [0.25, 0.3) is 0 Å². The van der Waals surface area contributed by atoms with Crippen LogP contribution in [0.2, 0.25) is 0 Å². The Morgan fingerprint density at radius 2 is 2.14 bits per heavy atom. The maximum absolute atomic E-state index is 5.92. The van der Waals surface area contributed by atoms with Crippen molar-refractivity contribution in [2.75, 3.05) is 6.54 Å². The zero-order valence-electron chi connectivity index (χ0n) is 12.6. The van der Waals surface area contributed by atoms with Crippen molar-refractivity contribution in [3.05, 3.63) is 46.3 Å². The summed E-state index contributed by atoms with van der Waals surface area (Å²) in [5.74, 6) is 1.96. The highest BCUT2D eigenvalue weighted by atomic mass is 79.9. The van der Waals surface area contributed by atoms with Crippen molar-refractivity contribution >= 4 is 15.9 Å². The normalized spacial score (nSPS) is 10.9. The van der Waals surface area contributed by atoms with E-state index in [2.05, 4.69) is 45.1 Å². The minimum Gasteiger partial charge on any atom is -0.437 e. The smallest absolute Gasteiger partial charge is 0.223 e. The zero-order valence-corrected chi connectivity index (χ0v) is 14.1. The van der Waals surface area contributed by atoms with E-state index in [9.17, 15) is 0 Å². The maximum Gasteiger partial charge on any atom is 0.223 e. The fraction of sp³-hybridized carbons (Fsp3) is 0.375. The summed E-state index contributed by atoms with van der Waals surface area (Å²) in [6.07, 6.45) is 3.50.